The first kappa shape index (κ1) is 21.3. The van der Waals surface area contributed by atoms with Crippen LogP contribution in [-0.4, -0.2) is 57.8 Å². The number of carbonyl (C=O) groups excluding carboxylic acids is 2. The Bertz CT molecular complexity index is 1250. The van der Waals surface area contributed by atoms with E-state index in [1.165, 1.54) is 16.7 Å². The largest absolute Gasteiger partial charge is 0.453 e. The van der Waals surface area contributed by atoms with Gasteiger partial charge in [-0.2, -0.15) is 0 Å². The summed E-state index contributed by atoms with van der Waals surface area (Å²) in [5, 5.41) is 2.01. The summed E-state index contributed by atoms with van der Waals surface area (Å²) in [6, 6.07) is 3.22. The van der Waals surface area contributed by atoms with Crippen LogP contribution in [-0.2, 0) is 14.6 Å². The van der Waals surface area contributed by atoms with E-state index in [1.54, 1.807) is 31.5 Å². The second-order valence-corrected chi connectivity index (χ2v) is 10.4. The number of sulfone groups is 1. The van der Waals surface area contributed by atoms with Crippen molar-refractivity contribution in [3.05, 3.63) is 52.6 Å². The Kier molecular flexibility index (Phi) is 5.71. The Balaban J connectivity index is 1.43. The van der Waals surface area contributed by atoms with Gasteiger partial charge in [0, 0.05) is 40.8 Å². The third-order valence-electron chi connectivity index (χ3n) is 5.16. The predicted molar refractivity (Wildman–Crippen MR) is 114 cm³/mol. The zero-order chi connectivity index (χ0) is 22.2. The first-order valence-corrected chi connectivity index (χ1v) is 12.3. The van der Waals surface area contributed by atoms with Crippen molar-refractivity contribution in [3.8, 4) is 10.8 Å². The van der Waals surface area contributed by atoms with Crippen LogP contribution >= 0.6 is 11.3 Å². The van der Waals surface area contributed by atoms with Crippen LogP contribution in [0.3, 0.4) is 0 Å². The lowest BCUT2D eigenvalue weighted by Gasteiger charge is -2.16. The highest BCUT2D eigenvalue weighted by molar-refractivity contribution is 7.91. The third kappa shape index (κ3) is 4.42. The van der Waals surface area contributed by atoms with Crippen molar-refractivity contribution in [2.75, 3.05) is 18.1 Å². The normalized spacial score (nSPS) is 17.5. The fraction of sp³-hybridized carbons (Fsp3) is 0.350. The molecule has 4 heterocycles. The molecule has 0 radical (unpaired) electrons. The van der Waals surface area contributed by atoms with Gasteiger partial charge in [-0.05, 0) is 32.4 Å². The van der Waals surface area contributed by atoms with Crippen LogP contribution in [0.5, 0.6) is 0 Å². The minimum absolute atomic E-state index is 0.0727. The van der Waals surface area contributed by atoms with Crippen molar-refractivity contribution in [1.29, 1.82) is 0 Å². The second kappa shape index (κ2) is 8.31. The molecule has 1 unspecified atom stereocenters. The van der Waals surface area contributed by atoms with Crippen molar-refractivity contribution in [1.82, 2.24) is 19.5 Å². The Labute approximate surface area is 183 Å². The Morgan fingerprint density at radius 2 is 2.00 bits per heavy atom. The van der Waals surface area contributed by atoms with Crippen molar-refractivity contribution in [2.45, 2.75) is 26.3 Å². The Morgan fingerprint density at radius 1 is 1.26 bits per heavy atom. The molecule has 1 aliphatic rings. The van der Waals surface area contributed by atoms with Crippen molar-refractivity contribution < 1.29 is 22.7 Å². The zero-order valence-corrected chi connectivity index (χ0v) is 18.6. The number of ketones is 1. The molecule has 1 fully saturated rings. The summed E-state index contributed by atoms with van der Waals surface area (Å²) in [7, 11) is -3.05. The number of carbonyl (C=O) groups is 2. The molecule has 31 heavy (non-hydrogen) atoms. The van der Waals surface area contributed by atoms with Gasteiger partial charge in [0.25, 0.3) is 0 Å². The van der Waals surface area contributed by atoms with Gasteiger partial charge < -0.3 is 9.30 Å². The highest BCUT2D eigenvalue weighted by atomic mass is 32.2. The SMILES string of the molecule is Cc1cc(C(=O)COC(=O)c2csc(-c3ncccn3)n2)c(C)n1C1CCS(=O)(=O)C1. The average molecular weight is 461 g/mol. The summed E-state index contributed by atoms with van der Waals surface area (Å²) in [6.45, 7) is 3.18. The van der Waals surface area contributed by atoms with E-state index in [9.17, 15) is 18.0 Å². The molecule has 9 nitrogen and oxygen atoms in total. The number of hydrogen-bond donors (Lipinski definition) is 0. The molecule has 3 aromatic rings. The number of nitrogens with zero attached hydrogens (tertiary/aromatic N) is 4. The molecular formula is C20H20N4O5S2. The molecule has 0 aromatic carbocycles. The van der Waals surface area contributed by atoms with E-state index in [-0.39, 0.29) is 29.0 Å². The summed E-state index contributed by atoms with van der Waals surface area (Å²) in [5.41, 5.74) is 1.99. The van der Waals surface area contributed by atoms with Crippen LogP contribution in [0.4, 0.5) is 0 Å². The lowest BCUT2D eigenvalue weighted by atomic mass is 10.1. The van der Waals surface area contributed by atoms with E-state index in [4.69, 9.17) is 4.74 Å². The van der Waals surface area contributed by atoms with E-state index >= 15 is 0 Å². The Hall–Kier alpha value is -2.92. The fourth-order valence-corrected chi connectivity index (χ4v) is 6.20. The predicted octanol–water partition coefficient (Wildman–Crippen LogP) is 2.42. The van der Waals surface area contributed by atoms with Crippen molar-refractivity contribution >= 4 is 32.9 Å². The van der Waals surface area contributed by atoms with Crippen LogP contribution in [0.15, 0.2) is 29.9 Å². The standard InChI is InChI=1S/C20H20N4O5S2/c1-12-8-15(13(2)24(12)14-4-7-31(27,28)11-14)17(25)9-29-20(26)16-10-30-19(23-16)18-21-5-3-6-22-18/h3,5-6,8,10,14H,4,7,9,11H2,1-2H3. The molecular weight excluding hydrogens is 440 g/mol. The molecule has 3 aromatic heterocycles. The molecule has 0 amide bonds. The third-order valence-corrected chi connectivity index (χ3v) is 7.75. The van der Waals surface area contributed by atoms with Gasteiger partial charge in [-0.15, -0.1) is 11.3 Å². The number of rotatable bonds is 6. The highest BCUT2D eigenvalue weighted by Crippen LogP contribution is 2.29. The fourth-order valence-electron chi connectivity index (χ4n) is 3.76. The maximum atomic E-state index is 12.7. The monoisotopic (exact) mass is 460 g/mol. The van der Waals surface area contributed by atoms with E-state index < -0.39 is 22.4 Å². The molecule has 0 bridgehead atoms. The molecule has 1 aliphatic heterocycles. The summed E-state index contributed by atoms with van der Waals surface area (Å²) in [6.07, 6.45) is 3.69. The van der Waals surface area contributed by atoms with Gasteiger partial charge in [0.05, 0.1) is 11.5 Å². The van der Waals surface area contributed by atoms with E-state index in [2.05, 4.69) is 15.0 Å². The maximum Gasteiger partial charge on any atom is 0.358 e. The highest BCUT2D eigenvalue weighted by Gasteiger charge is 2.31. The van der Waals surface area contributed by atoms with Crippen molar-refractivity contribution in [3.63, 3.8) is 0 Å². The molecule has 1 saturated heterocycles. The molecule has 0 aliphatic carbocycles. The summed E-state index contributed by atoms with van der Waals surface area (Å²) >= 11 is 1.21. The molecule has 11 heteroatoms. The number of aromatic nitrogens is 4. The number of Topliss-reactive ketones (excluding diaryl/α,β-unsaturated/α-hetero) is 1. The smallest absolute Gasteiger partial charge is 0.358 e. The molecule has 162 valence electrons. The second-order valence-electron chi connectivity index (χ2n) is 7.32. The minimum Gasteiger partial charge on any atom is -0.453 e. The van der Waals surface area contributed by atoms with Gasteiger partial charge in [0.2, 0.25) is 5.78 Å². The maximum absolute atomic E-state index is 12.7. The van der Waals surface area contributed by atoms with Crippen LogP contribution in [0.1, 0.15) is 44.7 Å². The van der Waals surface area contributed by atoms with E-state index in [0.717, 1.165) is 5.69 Å². The zero-order valence-electron chi connectivity index (χ0n) is 16.9. The lowest BCUT2D eigenvalue weighted by Crippen LogP contribution is -2.17. The average Bonchev–Trinajstić information content (AvgIpc) is 3.44. The molecule has 4 rings (SSSR count). The van der Waals surface area contributed by atoms with Crippen LogP contribution in [0.2, 0.25) is 0 Å². The van der Waals surface area contributed by atoms with Crippen LogP contribution in [0.25, 0.3) is 10.8 Å². The van der Waals surface area contributed by atoms with Gasteiger partial charge in [-0.25, -0.2) is 28.2 Å². The number of hydrogen-bond acceptors (Lipinski definition) is 9. The number of ether oxygens (including phenoxy) is 1. The van der Waals surface area contributed by atoms with Gasteiger partial charge in [-0.1, -0.05) is 0 Å². The number of esters is 1. The number of aryl methyl sites for hydroxylation is 1. The Morgan fingerprint density at radius 3 is 2.68 bits per heavy atom. The summed E-state index contributed by atoms with van der Waals surface area (Å²) in [5.74, 6) is -0.426. The van der Waals surface area contributed by atoms with Crippen LogP contribution < -0.4 is 0 Å². The molecule has 1 atom stereocenters. The minimum atomic E-state index is -3.05. The lowest BCUT2D eigenvalue weighted by molar-refractivity contribution is 0.0469. The number of thiazole rings is 1. The van der Waals surface area contributed by atoms with Crippen LogP contribution in [0, 0.1) is 13.8 Å². The summed E-state index contributed by atoms with van der Waals surface area (Å²) < 4.78 is 30.7. The van der Waals surface area contributed by atoms with E-state index in [1.807, 2.05) is 11.5 Å². The van der Waals surface area contributed by atoms with Gasteiger partial charge in [0.1, 0.15) is 0 Å². The van der Waals surface area contributed by atoms with Gasteiger partial charge in [-0.3, -0.25) is 4.79 Å². The molecule has 0 spiro atoms. The molecule has 0 saturated carbocycles. The topological polar surface area (TPSA) is 121 Å². The van der Waals surface area contributed by atoms with Gasteiger partial charge in [0.15, 0.2) is 33.0 Å². The first-order chi connectivity index (χ1) is 14.7. The van der Waals surface area contributed by atoms with E-state index in [0.29, 0.717) is 28.5 Å². The quantitative estimate of drug-likeness (QED) is 0.406. The van der Waals surface area contributed by atoms with Gasteiger partial charge >= 0.3 is 5.97 Å². The molecule has 0 N–H and O–H groups in total. The first-order valence-electron chi connectivity index (χ1n) is 9.57. The summed E-state index contributed by atoms with van der Waals surface area (Å²) in [4.78, 5) is 37.4. The van der Waals surface area contributed by atoms with Crippen molar-refractivity contribution in [2.24, 2.45) is 0 Å².